The van der Waals surface area contributed by atoms with Crippen molar-refractivity contribution in [3.05, 3.63) is 167 Å². The summed E-state index contributed by atoms with van der Waals surface area (Å²) in [5, 5.41) is 3.45. The fourth-order valence-corrected chi connectivity index (χ4v) is 8.38. The Bertz CT molecular complexity index is 2360. The molecule has 1 aliphatic rings. The molecule has 3 nitrogen and oxygen atoms in total. The summed E-state index contributed by atoms with van der Waals surface area (Å²) in [5.41, 5.74) is 12.6. The standard InChI is InChI=1S/C47H43N3S.Pt/c1-30(2)35-24-36(46-49-42(29-51-46)45(32-13-9-7-10-14-32)33-15-11-8-12-16-33)26-38(25-35)50-43-20-17-31(3)23-40(43)39-19-18-34(27-44(39)50)41-28-37(21-22-48-41)47(4,5)6;/h7-25,28,30,42,45H,29H2,1-6H3;/q-2;+2/t42-;/m0./s1. The zero-order valence-corrected chi connectivity index (χ0v) is 33.6. The SMILES string of the molecule is Cc1ccc2c(c1)c1ccc(-c3cc(C(C)(C)C)ccn3)[c-]c1n2-c1[c-]c(C2=N[C@H](C(c3ccccc3)c3ccccc3)CS2)cc(C(C)C)c1.[Pt+2]. The third kappa shape index (κ3) is 6.96. The van der Waals surface area contributed by atoms with Crippen LogP contribution in [0.2, 0.25) is 0 Å². The van der Waals surface area contributed by atoms with E-state index in [0.29, 0.717) is 5.92 Å². The van der Waals surface area contributed by atoms with Crippen LogP contribution >= 0.6 is 11.8 Å². The topological polar surface area (TPSA) is 30.2 Å². The van der Waals surface area contributed by atoms with Gasteiger partial charge >= 0.3 is 21.1 Å². The number of nitrogens with zero attached hydrogens (tertiary/aromatic N) is 3. The minimum atomic E-state index is 0. The predicted octanol–water partition coefficient (Wildman–Crippen LogP) is 11.9. The molecule has 0 unspecified atom stereocenters. The average Bonchev–Trinajstić information content (AvgIpc) is 3.75. The van der Waals surface area contributed by atoms with E-state index in [1.165, 1.54) is 38.6 Å². The van der Waals surface area contributed by atoms with E-state index in [2.05, 4.69) is 174 Å². The first kappa shape index (κ1) is 36.1. The maximum atomic E-state index is 5.48. The maximum absolute atomic E-state index is 5.48. The fourth-order valence-electron chi connectivity index (χ4n) is 7.31. The smallest absolute Gasteiger partial charge is 0.346 e. The second kappa shape index (κ2) is 14.6. The van der Waals surface area contributed by atoms with Crippen LogP contribution in [0.4, 0.5) is 0 Å². The van der Waals surface area contributed by atoms with Crippen molar-refractivity contribution < 1.29 is 21.1 Å². The first-order valence-corrected chi connectivity index (χ1v) is 18.9. The van der Waals surface area contributed by atoms with E-state index in [1.54, 1.807) is 0 Å². The van der Waals surface area contributed by atoms with Gasteiger partial charge in [0.1, 0.15) is 0 Å². The molecule has 0 aliphatic carbocycles. The van der Waals surface area contributed by atoms with Gasteiger partial charge in [-0.2, -0.15) is 11.8 Å². The molecule has 0 radical (unpaired) electrons. The molecular weight excluding hydrogens is 834 g/mol. The molecule has 0 saturated heterocycles. The Labute approximate surface area is 326 Å². The van der Waals surface area contributed by atoms with Gasteiger partial charge in [0.2, 0.25) is 0 Å². The second-order valence-electron chi connectivity index (χ2n) is 15.1. The van der Waals surface area contributed by atoms with Crippen molar-refractivity contribution in [1.29, 1.82) is 0 Å². The van der Waals surface area contributed by atoms with Gasteiger partial charge in [0.15, 0.2) is 0 Å². The number of thioether (sulfide) groups is 1. The molecule has 1 aliphatic heterocycles. The number of fused-ring (bicyclic) bond motifs is 3. The Kier molecular flexibility index (Phi) is 10.2. The zero-order chi connectivity index (χ0) is 35.3. The summed E-state index contributed by atoms with van der Waals surface area (Å²) in [6.07, 6.45) is 1.92. The molecule has 52 heavy (non-hydrogen) atoms. The van der Waals surface area contributed by atoms with Gasteiger partial charge in [-0.1, -0.05) is 124 Å². The number of aromatic nitrogens is 2. The quantitative estimate of drug-likeness (QED) is 0.149. The van der Waals surface area contributed by atoms with E-state index in [4.69, 9.17) is 9.98 Å². The van der Waals surface area contributed by atoms with E-state index in [0.717, 1.165) is 44.3 Å². The number of hydrogen-bond acceptors (Lipinski definition) is 3. The van der Waals surface area contributed by atoms with Crippen molar-refractivity contribution >= 4 is 38.6 Å². The summed E-state index contributed by atoms with van der Waals surface area (Å²) in [6.45, 7) is 13.4. The Morgan fingerprint density at radius 2 is 1.46 bits per heavy atom. The van der Waals surface area contributed by atoms with Gasteiger partial charge in [-0.3, -0.25) is 0 Å². The van der Waals surface area contributed by atoms with Crippen LogP contribution in [-0.2, 0) is 26.5 Å². The molecule has 0 saturated carbocycles. The summed E-state index contributed by atoms with van der Waals surface area (Å²) in [5.74, 6) is 1.44. The van der Waals surface area contributed by atoms with Gasteiger partial charge in [-0.05, 0) is 69.4 Å². The Balaban J connectivity index is 0.00000420. The Hall–Kier alpha value is -4.24. The van der Waals surface area contributed by atoms with Gasteiger partial charge < -0.3 is 14.5 Å². The van der Waals surface area contributed by atoms with Crippen molar-refractivity contribution in [3.8, 4) is 16.9 Å². The molecule has 262 valence electrons. The summed E-state index contributed by atoms with van der Waals surface area (Å²) in [4.78, 5) is 10.3. The van der Waals surface area contributed by atoms with E-state index < -0.39 is 0 Å². The average molecular weight is 877 g/mol. The van der Waals surface area contributed by atoms with Crippen LogP contribution < -0.4 is 0 Å². The maximum Gasteiger partial charge on any atom is 2.00 e. The number of benzene rings is 5. The van der Waals surface area contributed by atoms with Gasteiger partial charge in [-0.25, -0.2) is 0 Å². The molecule has 0 N–H and O–H groups in total. The van der Waals surface area contributed by atoms with Crippen molar-refractivity contribution in [3.63, 3.8) is 0 Å². The summed E-state index contributed by atoms with van der Waals surface area (Å²) in [6, 6.07) is 49.6. The minimum absolute atomic E-state index is 0. The van der Waals surface area contributed by atoms with Crippen molar-refractivity contribution in [2.45, 2.75) is 64.8 Å². The third-order valence-electron chi connectivity index (χ3n) is 10.1. The number of aliphatic imine (C=N–C) groups is 1. The molecule has 0 amide bonds. The molecule has 5 heteroatoms. The van der Waals surface area contributed by atoms with Crippen LogP contribution in [0.25, 0.3) is 38.8 Å². The van der Waals surface area contributed by atoms with Gasteiger partial charge in [-0.15, -0.1) is 53.1 Å². The second-order valence-corrected chi connectivity index (χ2v) is 16.2. The van der Waals surface area contributed by atoms with E-state index >= 15 is 0 Å². The van der Waals surface area contributed by atoms with Crippen LogP contribution in [0, 0.1) is 19.1 Å². The van der Waals surface area contributed by atoms with Gasteiger partial charge in [0.05, 0.1) is 6.04 Å². The van der Waals surface area contributed by atoms with E-state index in [-0.39, 0.29) is 38.4 Å². The molecule has 5 aromatic carbocycles. The normalized spacial score (nSPS) is 14.7. The molecular formula is C47H43N3PtS. The van der Waals surface area contributed by atoms with Crippen molar-refractivity contribution in [2.24, 2.45) is 4.99 Å². The largest absolute Gasteiger partial charge is 2.00 e. The van der Waals surface area contributed by atoms with E-state index in [9.17, 15) is 0 Å². The summed E-state index contributed by atoms with van der Waals surface area (Å²) < 4.78 is 2.35. The molecule has 0 fully saturated rings. The molecule has 2 aromatic heterocycles. The Morgan fingerprint density at radius 3 is 2.13 bits per heavy atom. The van der Waals surface area contributed by atoms with Gasteiger partial charge in [0.25, 0.3) is 0 Å². The van der Waals surface area contributed by atoms with E-state index in [1.807, 2.05) is 18.0 Å². The van der Waals surface area contributed by atoms with Crippen LogP contribution in [0.15, 0.2) is 126 Å². The van der Waals surface area contributed by atoms with Gasteiger partial charge in [0, 0.05) is 28.4 Å². The third-order valence-corrected chi connectivity index (χ3v) is 11.2. The molecule has 0 bridgehead atoms. The number of pyridine rings is 1. The first-order valence-electron chi connectivity index (χ1n) is 18.0. The van der Waals surface area contributed by atoms with Crippen LogP contribution in [0.1, 0.15) is 79.8 Å². The minimum Gasteiger partial charge on any atom is -0.346 e. The van der Waals surface area contributed by atoms with Crippen LogP contribution in [0.5, 0.6) is 0 Å². The van der Waals surface area contributed by atoms with Crippen molar-refractivity contribution in [1.82, 2.24) is 9.55 Å². The zero-order valence-electron chi connectivity index (χ0n) is 30.6. The summed E-state index contributed by atoms with van der Waals surface area (Å²) >= 11 is 1.85. The molecule has 1 atom stereocenters. The monoisotopic (exact) mass is 876 g/mol. The molecule has 8 rings (SSSR count). The molecule has 3 heterocycles. The first-order chi connectivity index (χ1) is 24.6. The Morgan fingerprint density at radius 1 is 0.750 bits per heavy atom. The molecule has 0 spiro atoms. The fraction of sp³-hybridized carbons (Fsp3) is 0.234. The molecule has 7 aromatic rings. The summed E-state index contributed by atoms with van der Waals surface area (Å²) in [7, 11) is 0. The number of hydrogen-bond donors (Lipinski definition) is 0. The van der Waals surface area contributed by atoms with Crippen molar-refractivity contribution in [2.75, 3.05) is 5.75 Å². The number of aryl methyl sites for hydroxylation is 1. The number of rotatable bonds is 7. The van der Waals surface area contributed by atoms with Crippen LogP contribution in [0.3, 0.4) is 0 Å². The van der Waals surface area contributed by atoms with Crippen LogP contribution in [-0.4, -0.2) is 26.4 Å². The predicted molar refractivity (Wildman–Crippen MR) is 217 cm³/mol.